The van der Waals surface area contributed by atoms with Gasteiger partial charge in [0, 0.05) is 17.2 Å². The van der Waals surface area contributed by atoms with Crippen LogP contribution in [0.25, 0.3) is 11.1 Å². The number of H-pyrrole nitrogens is 1. The van der Waals surface area contributed by atoms with Crippen molar-refractivity contribution >= 4 is 0 Å². The monoisotopic (exact) mass is 269 g/mol. The molecule has 1 fully saturated rings. The maximum atomic E-state index is 4.61. The lowest BCUT2D eigenvalue weighted by atomic mass is 9.89. The van der Waals surface area contributed by atoms with Gasteiger partial charge in [0.1, 0.15) is 0 Å². The first-order valence-electron chi connectivity index (χ1n) is 7.64. The molecule has 0 aliphatic carbocycles. The van der Waals surface area contributed by atoms with E-state index in [0.29, 0.717) is 5.92 Å². The van der Waals surface area contributed by atoms with Crippen LogP contribution in [0.15, 0.2) is 24.3 Å². The lowest BCUT2D eigenvalue weighted by Crippen LogP contribution is -2.27. The van der Waals surface area contributed by atoms with Crippen molar-refractivity contribution in [2.75, 3.05) is 13.1 Å². The second-order valence-corrected chi connectivity index (χ2v) is 5.68. The molecule has 2 heterocycles. The van der Waals surface area contributed by atoms with Crippen molar-refractivity contribution in [2.45, 2.75) is 39.0 Å². The van der Waals surface area contributed by atoms with Crippen LogP contribution < -0.4 is 5.32 Å². The molecule has 0 amide bonds. The molecule has 1 aromatic carbocycles. The molecule has 0 atom stereocenters. The lowest BCUT2D eigenvalue weighted by Gasteiger charge is -2.22. The van der Waals surface area contributed by atoms with Crippen molar-refractivity contribution in [3.63, 3.8) is 0 Å². The average molecular weight is 269 g/mol. The smallest absolute Gasteiger partial charge is 0.0735 e. The highest BCUT2D eigenvalue weighted by Crippen LogP contribution is 2.34. The van der Waals surface area contributed by atoms with E-state index in [1.807, 2.05) is 0 Å². The molecule has 106 valence electrons. The van der Waals surface area contributed by atoms with Crippen LogP contribution in [0.4, 0.5) is 0 Å². The molecule has 0 spiro atoms. The average Bonchev–Trinajstić information content (AvgIpc) is 2.90. The van der Waals surface area contributed by atoms with E-state index in [2.05, 4.69) is 53.6 Å². The summed E-state index contributed by atoms with van der Waals surface area (Å²) in [5.74, 6) is 0.585. The molecule has 20 heavy (non-hydrogen) atoms. The second kappa shape index (κ2) is 5.80. The van der Waals surface area contributed by atoms with Crippen LogP contribution in [0.5, 0.6) is 0 Å². The third-order valence-electron chi connectivity index (χ3n) is 4.35. The maximum absolute atomic E-state index is 4.61. The highest BCUT2D eigenvalue weighted by Gasteiger charge is 2.22. The van der Waals surface area contributed by atoms with Crippen LogP contribution in [0.1, 0.15) is 42.6 Å². The SMILES string of the molecule is CCc1ccc(-c2c(C3CCNCC3)n[nH]c2C)cc1. The summed E-state index contributed by atoms with van der Waals surface area (Å²) in [5, 5.41) is 11.2. The predicted octanol–water partition coefficient (Wildman–Crippen LogP) is 3.41. The van der Waals surface area contributed by atoms with Crippen LogP contribution in [-0.4, -0.2) is 23.3 Å². The summed E-state index contributed by atoms with van der Waals surface area (Å²) in [6, 6.07) is 8.94. The molecule has 3 nitrogen and oxygen atoms in total. The minimum atomic E-state index is 0.585. The molecule has 3 heteroatoms. The molecule has 2 aromatic rings. The zero-order chi connectivity index (χ0) is 13.9. The topological polar surface area (TPSA) is 40.7 Å². The summed E-state index contributed by atoms with van der Waals surface area (Å²) in [6.07, 6.45) is 3.46. The summed E-state index contributed by atoms with van der Waals surface area (Å²) in [7, 11) is 0. The standard InChI is InChI=1S/C17H23N3/c1-3-13-4-6-14(7-5-13)16-12(2)19-20-17(16)15-8-10-18-11-9-15/h4-7,15,18H,3,8-11H2,1-2H3,(H,19,20). The van der Waals surface area contributed by atoms with Gasteiger partial charge in [0.05, 0.1) is 5.69 Å². The molecule has 0 radical (unpaired) electrons. The zero-order valence-corrected chi connectivity index (χ0v) is 12.4. The number of piperidine rings is 1. The summed E-state index contributed by atoms with van der Waals surface area (Å²) in [4.78, 5) is 0. The van der Waals surface area contributed by atoms with Crippen LogP contribution >= 0.6 is 0 Å². The highest BCUT2D eigenvalue weighted by atomic mass is 15.1. The minimum Gasteiger partial charge on any atom is -0.317 e. The van der Waals surface area contributed by atoms with Crippen molar-refractivity contribution in [1.82, 2.24) is 15.5 Å². The highest BCUT2D eigenvalue weighted by molar-refractivity contribution is 5.69. The normalized spacial score (nSPS) is 16.5. The van der Waals surface area contributed by atoms with Gasteiger partial charge in [0.25, 0.3) is 0 Å². The molecule has 0 saturated carbocycles. The van der Waals surface area contributed by atoms with Crippen molar-refractivity contribution in [3.8, 4) is 11.1 Å². The summed E-state index contributed by atoms with van der Waals surface area (Å²) in [5.41, 5.74) is 6.44. The fourth-order valence-electron chi connectivity index (χ4n) is 3.11. The van der Waals surface area contributed by atoms with Crippen LogP contribution in [0, 0.1) is 6.92 Å². The van der Waals surface area contributed by atoms with Gasteiger partial charge in [0.15, 0.2) is 0 Å². The number of rotatable bonds is 3. The number of nitrogens with one attached hydrogen (secondary N) is 2. The fourth-order valence-corrected chi connectivity index (χ4v) is 3.11. The minimum absolute atomic E-state index is 0.585. The number of benzene rings is 1. The van der Waals surface area contributed by atoms with Gasteiger partial charge in [-0.15, -0.1) is 0 Å². The van der Waals surface area contributed by atoms with Gasteiger partial charge >= 0.3 is 0 Å². The van der Waals surface area contributed by atoms with Gasteiger partial charge in [-0.1, -0.05) is 31.2 Å². The number of aromatic nitrogens is 2. The van der Waals surface area contributed by atoms with Crippen LogP contribution in [0.2, 0.25) is 0 Å². The van der Waals surface area contributed by atoms with Gasteiger partial charge in [-0.3, -0.25) is 5.10 Å². The van der Waals surface area contributed by atoms with Crippen LogP contribution in [0.3, 0.4) is 0 Å². The number of hydrogen-bond donors (Lipinski definition) is 2. The Balaban J connectivity index is 1.96. The van der Waals surface area contributed by atoms with E-state index < -0.39 is 0 Å². The van der Waals surface area contributed by atoms with Crippen LogP contribution in [-0.2, 0) is 6.42 Å². The van der Waals surface area contributed by atoms with Crippen molar-refractivity contribution < 1.29 is 0 Å². The molecule has 2 N–H and O–H groups in total. The third kappa shape index (κ3) is 2.50. The van der Waals surface area contributed by atoms with E-state index in [9.17, 15) is 0 Å². The Morgan fingerprint density at radius 2 is 1.85 bits per heavy atom. The van der Waals surface area contributed by atoms with E-state index in [1.54, 1.807) is 0 Å². The Labute approximate surface area is 120 Å². The Kier molecular flexibility index (Phi) is 3.88. The van der Waals surface area contributed by atoms with Crippen molar-refractivity contribution in [3.05, 3.63) is 41.2 Å². The Morgan fingerprint density at radius 1 is 1.15 bits per heavy atom. The third-order valence-corrected chi connectivity index (χ3v) is 4.35. The second-order valence-electron chi connectivity index (χ2n) is 5.68. The van der Waals surface area contributed by atoms with E-state index in [4.69, 9.17) is 0 Å². The zero-order valence-electron chi connectivity index (χ0n) is 12.4. The molecule has 3 rings (SSSR count). The largest absolute Gasteiger partial charge is 0.317 e. The lowest BCUT2D eigenvalue weighted by molar-refractivity contribution is 0.453. The first kappa shape index (κ1) is 13.4. The summed E-state index contributed by atoms with van der Waals surface area (Å²) >= 11 is 0. The summed E-state index contributed by atoms with van der Waals surface area (Å²) < 4.78 is 0. The number of aromatic amines is 1. The molecule has 1 aliphatic heterocycles. The van der Waals surface area contributed by atoms with E-state index in [-0.39, 0.29) is 0 Å². The Morgan fingerprint density at radius 3 is 2.50 bits per heavy atom. The fraction of sp³-hybridized carbons (Fsp3) is 0.471. The van der Waals surface area contributed by atoms with Crippen molar-refractivity contribution in [2.24, 2.45) is 0 Å². The Bertz CT molecular complexity index is 562. The molecular formula is C17H23N3. The van der Waals surface area contributed by atoms with E-state index in [1.165, 1.54) is 40.9 Å². The summed E-state index contributed by atoms with van der Waals surface area (Å²) in [6.45, 7) is 6.52. The maximum Gasteiger partial charge on any atom is 0.0735 e. The van der Waals surface area contributed by atoms with Gasteiger partial charge < -0.3 is 5.32 Å². The first-order valence-corrected chi connectivity index (χ1v) is 7.64. The molecule has 0 unspecified atom stereocenters. The van der Waals surface area contributed by atoms with Crippen molar-refractivity contribution in [1.29, 1.82) is 0 Å². The Hall–Kier alpha value is -1.61. The molecule has 1 aliphatic rings. The van der Waals surface area contributed by atoms with Gasteiger partial charge in [0.2, 0.25) is 0 Å². The molecule has 1 saturated heterocycles. The number of nitrogens with zero attached hydrogens (tertiary/aromatic N) is 1. The van der Waals surface area contributed by atoms with E-state index in [0.717, 1.165) is 19.5 Å². The van der Waals surface area contributed by atoms with E-state index >= 15 is 0 Å². The quantitative estimate of drug-likeness (QED) is 0.896. The molecular weight excluding hydrogens is 246 g/mol. The van der Waals surface area contributed by atoms with Gasteiger partial charge in [-0.25, -0.2) is 0 Å². The first-order chi connectivity index (χ1) is 9.79. The van der Waals surface area contributed by atoms with Gasteiger partial charge in [-0.2, -0.15) is 5.10 Å². The number of hydrogen-bond acceptors (Lipinski definition) is 2. The predicted molar refractivity (Wildman–Crippen MR) is 83.0 cm³/mol. The molecule has 0 bridgehead atoms. The van der Waals surface area contributed by atoms with Gasteiger partial charge in [-0.05, 0) is 50.4 Å². The number of aryl methyl sites for hydroxylation is 2. The molecule has 1 aromatic heterocycles.